The van der Waals surface area contributed by atoms with Crippen LogP contribution in [0.1, 0.15) is 32.3 Å². The summed E-state index contributed by atoms with van der Waals surface area (Å²) in [5.74, 6) is 1.35. The number of ether oxygens (including phenoxy) is 2. The first-order valence-corrected chi connectivity index (χ1v) is 11.2. The topological polar surface area (TPSA) is 112 Å². The fourth-order valence-electron chi connectivity index (χ4n) is 3.65. The highest BCUT2D eigenvalue weighted by atomic mass is 16.5. The van der Waals surface area contributed by atoms with E-state index in [1.54, 1.807) is 7.05 Å². The molecule has 0 amide bonds. The third kappa shape index (κ3) is 6.66. The molecule has 174 valence electrons. The van der Waals surface area contributed by atoms with Crippen LogP contribution in [0.2, 0.25) is 0 Å². The number of benzene rings is 1. The number of hydrogen-bond donors (Lipinski definition) is 5. The van der Waals surface area contributed by atoms with Crippen molar-refractivity contribution in [1.29, 1.82) is 5.41 Å². The van der Waals surface area contributed by atoms with Gasteiger partial charge in [-0.05, 0) is 51.9 Å². The molecule has 0 aliphatic carbocycles. The summed E-state index contributed by atoms with van der Waals surface area (Å²) in [6, 6.07) is 10.2. The molecule has 32 heavy (non-hydrogen) atoms. The van der Waals surface area contributed by atoms with Crippen LogP contribution < -0.4 is 20.7 Å². The molecule has 1 aromatic carbocycles. The van der Waals surface area contributed by atoms with Gasteiger partial charge in [-0.15, -0.1) is 0 Å². The summed E-state index contributed by atoms with van der Waals surface area (Å²) in [6.07, 6.45) is 2.64. The van der Waals surface area contributed by atoms with Gasteiger partial charge in [-0.2, -0.15) is 0 Å². The highest BCUT2D eigenvalue weighted by molar-refractivity contribution is 5.94. The van der Waals surface area contributed by atoms with Gasteiger partial charge in [0.2, 0.25) is 0 Å². The van der Waals surface area contributed by atoms with Crippen molar-refractivity contribution in [2.75, 3.05) is 44.0 Å². The van der Waals surface area contributed by atoms with Crippen LogP contribution in [0.25, 0.3) is 11.3 Å². The quantitative estimate of drug-likeness (QED) is 0.341. The zero-order chi connectivity index (χ0) is 22.9. The van der Waals surface area contributed by atoms with Crippen molar-refractivity contribution in [2.24, 2.45) is 0 Å². The fourth-order valence-corrected chi connectivity index (χ4v) is 3.65. The normalized spacial score (nSPS) is 15.4. The van der Waals surface area contributed by atoms with Crippen molar-refractivity contribution in [2.45, 2.75) is 44.9 Å². The van der Waals surface area contributed by atoms with E-state index in [0.29, 0.717) is 24.2 Å². The molecular formula is C24H35N5O3. The predicted octanol–water partition coefficient (Wildman–Crippen LogP) is 3.12. The Balaban J connectivity index is 1.91. The summed E-state index contributed by atoms with van der Waals surface area (Å²) in [6.45, 7) is 6.27. The Kier molecular flexibility index (Phi) is 8.84. The number of pyridine rings is 1. The van der Waals surface area contributed by atoms with Crippen molar-refractivity contribution in [3.8, 4) is 17.0 Å². The minimum Gasteiger partial charge on any atom is -0.491 e. The standard InChI is InChI=1S/C24H35N5O3/c1-16(2)27-24-21(13-25)23(28-18-7-9-31-10-8-18)12-22(29-24)17-5-4-6-20(11-17)32-15-19(30)14-26-3/h4-6,11-13,16,18-19,25-26,30H,7-10,14-15H2,1-3H3,(H2,27,28,29). The van der Waals surface area contributed by atoms with E-state index < -0.39 is 6.10 Å². The van der Waals surface area contributed by atoms with E-state index in [4.69, 9.17) is 19.9 Å². The highest BCUT2D eigenvalue weighted by Crippen LogP contribution is 2.31. The van der Waals surface area contributed by atoms with Crippen molar-refractivity contribution in [3.63, 3.8) is 0 Å². The average Bonchev–Trinajstić information content (AvgIpc) is 2.78. The van der Waals surface area contributed by atoms with Gasteiger partial charge in [0.15, 0.2) is 0 Å². The molecule has 1 atom stereocenters. The van der Waals surface area contributed by atoms with Gasteiger partial charge in [-0.25, -0.2) is 4.98 Å². The summed E-state index contributed by atoms with van der Waals surface area (Å²) in [5.41, 5.74) is 3.32. The van der Waals surface area contributed by atoms with Crippen LogP contribution in [0.4, 0.5) is 11.5 Å². The highest BCUT2D eigenvalue weighted by Gasteiger charge is 2.19. The minimum absolute atomic E-state index is 0.177. The second-order valence-electron chi connectivity index (χ2n) is 8.34. The molecule has 2 aromatic rings. The Morgan fingerprint density at radius 3 is 2.75 bits per heavy atom. The summed E-state index contributed by atoms with van der Waals surface area (Å²) < 4.78 is 11.3. The molecule has 1 unspecified atom stereocenters. The fraction of sp³-hybridized carbons (Fsp3) is 0.500. The van der Waals surface area contributed by atoms with Gasteiger partial charge in [0.05, 0.1) is 11.3 Å². The van der Waals surface area contributed by atoms with E-state index in [2.05, 4.69) is 29.8 Å². The lowest BCUT2D eigenvalue weighted by Gasteiger charge is -2.26. The van der Waals surface area contributed by atoms with Gasteiger partial charge in [-0.3, -0.25) is 0 Å². The van der Waals surface area contributed by atoms with Gasteiger partial charge in [-0.1, -0.05) is 12.1 Å². The van der Waals surface area contributed by atoms with Gasteiger partial charge >= 0.3 is 0 Å². The minimum atomic E-state index is -0.578. The molecule has 2 heterocycles. The maximum atomic E-state index is 9.92. The smallest absolute Gasteiger partial charge is 0.137 e. The number of aromatic nitrogens is 1. The van der Waals surface area contributed by atoms with Crippen LogP contribution in [0.5, 0.6) is 5.75 Å². The molecule has 1 fully saturated rings. The molecule has 0 spiro atoms. The van der Waals surface area contributed by atoms with E-state index in [-0.39, 0.29) is 12.6 Å². The van der Waals surface area contributed by atoms with Crippen LogP contribution in [0.3, 0.4) is 0 Å². The number of hydrogen-bond acceptors (Lipinski definition) is 8. The first kappa shape index (κ1) is 24.0. The Bertz CT molecular complexity index is 884. The maximum Gasteiger partial charge on any atom is 0.137 e. The molecule has 8 nitrogen and oxygen atoms in total. The van der Waals surface area contributed by atoms with Gasteiger partial charge in [0.25, 0.3) is 0 Å². The van der Waals surface area contributed by atoms with Crippen molar-refractivity contribution in [3.05, 3.63) is 35.9 Å². The Hall–Kier alpha value is -2.68. The zero-order valence-corrected chi connectivity index (χ0v) is 19.1. The lowest BCUT2D eigenvalue weighted by molar-refractivity contribution is 0.0904. The van der Waals surface area contributed by atoms with E-state index in [0.717, 1.165) is 48.6 Å². The predicted molar refractivity (Wildman–Crippen MR) is 129 cm³/mol. The van der Waals surface area contributed by atoms with E-state index in [1.165, 1.54) is 6.21 Å². The lowest BCUT2D eigenvalue weighted by atomic mass is 10.0. The second-order valence-corrected chi connectivity index (χ2v) is 8.34. The molecule has 0 saturated carbocycles. The number of rotatable bonds is 11. The number of aliphatic hydroxyl groups excluding tert-OH is 1. The van der Waals surface area contributed by atoms with Gasteiger partial charge in [0, 0.05) is 49.3 Å². The largest absolute Gasteiger partial charge is 0.491 e. The number of likely N-dealkylation sites (N-methyl/N-ethyl adjacent to an activating group) is 1. The van der Waals surface area contributed by atoms with Crippen LogP contribution in [0, 0.1) is 5.41 Å². The molecule has 1 saturated heterocycles. The van der Waals surface area contributed by atoms with E-state index in [9.17, 15) is 5.11 Å². The van der Waals surface area contributed by atoms with Crippen LogP contribution in [-0.2, 0) is 4.74 Å². The summed E-state index contributed by atoms with van der Waals surface area (Å²) in [5, 5.41) is 27.9. The number of nitrogens with zero attached hydrogens (tertiary/aromatic N) is 1. The van der Waals surface area contributed by atoms with E-state index >= 15 is 0 Å². The maximum absolute atomic E-state index is 9.92. The van der Waals surface area contributed by atoms with Crippen LogP contribution >= 0.6 is 0 Å². The van der Waals surface area contributed by atoms with Gasteiger partial charge in [0.1, 0.15) is 24.3 Å². The molecule has 1 aliphatic heterocycles. The lowest BCUT2D eigenvalue weighted by Crippen LogP contribution is -2.29. The van der Waals surface area contributed by atoms with E-state index in [1.807, 2.05) is 30.3 Å². The molecule has 1 aromatic heterocycles. The van der Waals surface area contributed by atoms with Crippen LogP contribution in [0.15, 0.2) is 30.3 Å². The van der Waals surface area contributed by atoms with Gasteiger partial charge < -0.3 is 35.9 Å². The average molecular weight is 442 g/mol. The number of aliphatic hydroxyl groups is 1. The Morgan fingerprint density at radius 1 is 1.28 bits per heavy atom. The molecule has 3 rings (SSSR count). The molecule has 0 bridgehead atoms. The summed E-state index contributed by atoms with van der Waals surface area (Å²) >= 11 is 0. The number of nitrogens with one attached hydrogen (secondary N) is 4. The first-order valence-electron chi connectivity index (χ1n) is 11.2. The molecule has 8 heteroatoms. The third-order valence-electron chi connectivity index (χ3n) is 5.22. The summed E-state index contributed by atoms with van der Waals surface area (Å²) in [4.78, 5) is 4.83. The van der Waals surface area contributed by atoms with Crippen LogP contribution in [-0.4, -0.2) is 67.9 Å². The van der Waals surface area contributed by atoms with Crippen molar-refractivity contribution in [1.82, 2.24) is 10.3 Å². The molecule has 1 aliphatic rings. The third-order valence-corrected chi connectivity index (χ3v) is 5.22. The molecule has 5 N–H and O–H groups in total. The molecule has 0 radical (unpaired) electrons. The monoisotopic (exact) mass is 441 g/mol. The Labute approximate surface area is 190 Å². The van der Waals surface area contributed by atoms with Crippen molar-refractivity contribution >= 4 is 17.7 Å². The van der Waals surface area contributed by atoms with Crippen molar-refractivity contribution < 1.29 is 14.6 Å². The SMILES string of the molecule is CNCC(O)COc1cccc(-c2cc(NC3CCOCC3)c(C=N)c(NC(C)C)n2)c1. The zero-order valence-electron chi connectivity index (χ0n) is 19.1. The molecular weight excluding hydrogens is 406 g/mol. The second kappa shape index (κ2) is 11.8. The number of anilines is 2. The summed E-state index contributed by atoms with van der Waals surface area (Å²) in [7, 11) is 1.79. The Morgan fingerprint density at radius 2 is 2.06 bits per heavy atom. The first-order chi connectivity index (χ1) is 15.5.